The average Bonchev–Trinajstić information content (AvgIpc) is 2.81. The zero-order chi connectivity index (χ0) is 12.3. The van der Waals surface area contributed by atoms with Gasteiger partial charge in [0.2, 0.25) is 5.91 Å². The summed E-state index contributed by atoms with van der Waals surface area (Å²) in [6.45, 7) is 0.729. The first-order valence-electron chi connectivity index (χ1n) is 5.27. The number of carboxylic acid groups (broad SMARTS) is 1. The van der Waals surface area contributed by atoms with E-state index in [4.69, 9.17) is 9.84 Å². The Morgan fingerprint density at radius 3 is 3.12 bits per heavy atom. The number of H-pyrrole nitrogens is 1. The molecule has 7 heteroatoms. The van der Waals surface area contributed by atoms with Gasteiger partial charge >= 0.3 is 5.97 Å². The summed E-state index contributed by atoms with van der Waals surface area (Å²) < 4.78 is 5.06. The van der Waals surface area contributed by atoms with Gasteiger partial charge in [-0.2, -0.15) is 5.10 Å². The molecule has 1 aliphatic rings. The van der Waals surface area contributed by atoms with E-state index in [2.05, 4.69) is 10.2 Å². The van der Waals surface area contributed by atoms with E-state index < -0.39 is 12.0 Å². The van der Waals surface area contributed by atoms with Crippen LogP contribution in [0.1, 0.15) is 5.69 Å². The number of carboxylic acids is 1. The minimum Gasteiger partial charge on any atom is -0.480 e. The summed E-state index contributed by atoms with van der Waals surface area (Å²) in [7, 11) is 0. The Labute approximate surface area is 97.4 Å². The number of carbonyl (C=O) groups is 2. The quantitative estimate of drug-likeness (QED) is 0.724. The third-order valence-electron chi connectivity index (χ3n) is 2.63. The number of carbonyl (C=O) groups excluding carboxylic acids is 1. The molecule has 0 aromatic carbocycles. The molecule has 1 aliphatic heterocycles. The van der Waals surface area contributed by atoms with Crippen LogP contribution in [0, 0.1) is 0 Å². The molecule has 1 amide bonds. The van der Waals surface area contributed by atoms with Crippen LogP contribution >= 0.6 is 0 Å². The number of aromatic amines is 1. The highest BCUT2D eigenvalue weighted by Crippen LogP contribution is 2.09. The Bertz CT molecular complexity index is 404. The number of hydrogen-bond donors (Lipinski definition) is 2. The maximum atomic E-state index is 11.9. The Hall–Kier alpha value is -1.89. The van der Waals surface area contributed by atoms with E-state index in [1.54, 1.807) is 12.3 Å². The van der Waals surface area contributed by atoms with Crippen LogP contribution in [0.5, 0.6) is 0 Å². The number of aliphatic carboxylic acids is 1. The van der Waals surface area contributed by atoms with Gasteiger partial charge < -0.3 is 14.7 Å². The molecule has 0 radical (unpaired) electrons. The van der Waals surface area contributed by atoms with Crippen LogP contribution in [0.25, 0.3) is 0 Å². The Balaban J connectivity index is 2.03. The number of rotatable bonds is 3. The van der Waals surface area contributed by atoms with Gasteiger partial charge in [-0.15, -0.1) is 0 Å². The van der Waals surface area contributed by atoms with E-state index in [-0.39, 0.29) is 18.9 Å². The van der Waals surface area contributed by atoms with E-state index in [0.29, 0.717) is 18.8 Å². The third-order valence-corrected chi connectivity index (χ3v) is 2.63. The normalized spacial score (nSPS) is 20.2. The third kappa shape index (κ3) is 2.62. The van der Waals surface area contributed by atoms with Crippen molar-refractivity contribution in [3.8, 4) is 0 Å². The van der Waals surface area contributed by atoms with Crippen LogP contribution in [0.2, 0.25) is 0 Å². The van der Waals surface area contributed by atoms with Crippen molar-refractivity contribution < 1.29 is 19.4 Å². The molecular formula is C10H13N3O4. The van der Waals surface area contributed by atoms with E-state index in [0.717, 1.165) is 0 Å². The Morgan fingerprint density at radius 2 is 2.47 bits per heavy atom. The van der Waals surface area contributed by atoms with Gasteiger partial charge in [0.25, 0.3) is 0 Å². The molecule has 92 valence electrons. The van der Waals surface area contributed by atoms with Crippen molar-refractivity contribution in [3.05, 3.63) is 18.0 Å². The minimum absolute atomic E-state index is 0.0457. The zero-order valence-corrected chi connectivity index (χ0v) is 9.13. The molecule has 1 aromatic rings. The lowest BCUT2D eigenvalue weighted by Crippen LogP contribution is -2.53. The molecule has 1 saturated heterocycles. The summed E-state index contributed by atoms with van der Waals surface area (Å²) in [6, 6.07) is 0.799. The second kappa shape index (κ2) is 4.96. The molecule has 1 unspecified atom stereocenters. The maximum Gasteiger partial charge on any atom is 0.328 e. The highest BCUT2D eigenvalue weighted by atomic mass is 16.5. The fraction of sp³-hybridized carbons (Fsp3) is 0.500. The highest BCUT2D eigenvalue weighted by Gasteiger charge is 2.32. The van der Waals surface area contributed by atoms with Gasteiger partial charge in [0.1, 0.15) is 0 Å². The van der Waals surface area contributed by atoms with Crippen molar-refractivity contribution >= 4 is 11.9 Å². The van der Waals surface area contributed by atoms with Crippen molar-refractivity contribution in [2.75, 3.05) is 19.8 Å². The molecule has 0 spiro atoms. The van der Waals surface area contributed by atoms with E-state index in [9.17, 15) is 9.59 Å². The first kappa shape index (κ1) is 11.6. The van der Waals surface area contributed by atoms with E-state index in [1.165, 1.54) is 4.90 Å². The van der Waals surface area contributed by atoms with E-state index >= 15 is 0 Å². The second-order valence-corrected chi connectivity index (χ2v) is 3.77. The van der Waals surface area contributed by atoms with Crippen LogP contribution in [0.4, 0.5) is 0 Å². The zero-order valence-electron chi connectivity index (χ0n) is 9.13. The molecule has 7 nitrogen and oxygen atoms in total. The SMILES string of the molecule is O=C(O)C1COCCN1C(=O)Cc1ccn[nH]1. The molecule has 0 saturated carbocycles. The predicted octanol–water partition coefficient (Wildman–Crippen LogP) is -0.736. The molecule has 17 heavy (non-hydrogen) atoms. The van der Waals surface area contributed by atoms with Gasteiger partial charge in [-0.05, 0) is 6.07 Å². The van der Waals surface area contributed by atoms with Crippen molar-refractivity contribution in [1.82, 2.24) is 15.1 Å². The average molecular weight is 239 g/mol. The fourth-order valence-corrected chi connectivity index (χ4v) is 1.75. The van der Waals surface area contributed by atoms with E-state index in [1.807, 2.05) is 0 Å². The summed E-state index contributed by atoms with van der Waals surface area (Å²) in [4.78, 5) is 24.3. The molecule has 1 fully saturated rings. The summed E-state index contributed by atoms with van der Waals surface area (Å²) in [5.41, 5.74) is 0.672. The molecule has 2 N–H and O–H groups in total. The topological polar surface area (TPSA) is 95.5 Å². The predicted molar refractivity (Wildman–Crippen MR) is 56.2 cm³/mol. The number of amides is 1. The number of aromatic nitrogens is 2. The number of morpholine rings is 1. The van der Waals surface area contributed by atoms with Gasteiger partial charge in [-0.25, -0.2) is 4.79 Å². The maximum absolute atomic E-state index is 11.9. The number of ether oxygens (including phenoxy) is 1. The minimum atomic E-state index is -1.04. The highest BCUT2D eigenvalue weighted by molar-refractivity contribution is 5.85. The molecule has 1 aromatic heterocycles. The molecular weight excluding hydrogens is 226 g/mol. The lowest BCUT2D eigenvalue weighted by atomic mass is 10.2. The Morgan fingerprint density at radius 1 is 1.65 bits per heavy atom. The number of nitrogens with one attached hydrogen (secondary N) is 1. The molecule has 2 rings (SSSR count). The van der Waals surface area contributed by atoms with Gasteiger partial charge in [0.15, 0.2) is 6.04 Å². The first-order valence-corrected chi connectivity index (χ1v) is 5.27. The lowest BCUT2D eigenvalue weighted by Gasteiger charge is -2.32. The lowest BCUT2D eigenvalue weighted by molar-refractivity contribution is -0.158. The van der Waals surface area contributed by atoms with Crippen LogP contribution in [-0.2, 0) is 20.7 Å². The summed E-state index contributed by atoms with van der Waals surface area (Å²) in [5.74, 6) is -1.27. The van der Waals surface area contributed by atoms with Crippen molar-refractivity contribution in [2.24, 2.45) is 0 Å². The smallest absolute Gasteiger partial charge is 0.328 e. The summed E-state index contributed by atoms with van der Waals surface area (Å²) >= 11 is 0. The first-order chi connectivity index (χ1) is 8.18. The van der Waals surface area contributed by atoms with Crippen LogP contribution in [0.15, 0.2) is 12.3 Å². The fourth-order valence-electron chi connectivity index (χ4n) is 1.75. The molecule has 2 heterocycles. The van der Waals surface area contributed by atoms with Gasteiger partial charge in [0, 0.05) is 18.4 Å². The van der Waals surface area contributed by atoms with Crippen LogP contribution in [-0.4, -0.2) is 57.9 Å². The van der Waals surface area contributed by atoms with Crippen LogP contribution < -0.4 is 0 Å². The van der Waals surface area contributed by atoms with Gasteiger partial charge in [-0.1, -0.05) is 0 Å². The molecule has 0 aliphatic carbocycles. The van der Waals surface area contributed by atoms with Crippen molar-refractivity contribution in [2.45, 2.75) is 12.5 Å². The van der Waals surface area contributed by atoms with Gasteiger partial charge in [-0.3, -0.25) is 9.89 Å². The Kier molecular flexibility index (Phi) is 3.38. The molecule has 1 atom stereocenters. The summed E-state index contributed by atoms with van der Waals surface area (Å²) in [6.07, 6.45) is 1.68. The van der Waals surface area contributed by atoms with Crippen molar-refractivity contribution in [3.63, 3.8) is 0 Å². The monoisotopic (exact) mass is 239 g/mol. The largest absolute Gasteiger partial charge is 0.480 e. The van der Waals surface area contributed by atoms with Crippen LogP contribution in [0.3, 0.4) is 0 Å². The number of hydrogen-bond acceptors (Lipinski definition) is 4. The number of nitrogens with zero attached hydrogens (tertiary/aromatic N) is 2. The van der Waals surface area contributed by atoms with Gasteiger partial charge in [0.05, 0.1) is 19.6 Å². The second-order valence-electron chi connectivity index (χ2n) is 3.77. The summed E-state index contributed by atoms with van der Waals surface area (Å²) in [5, 5.41) is 15.4. The molecule has 0 bridgehead atoms. The standard InChI is InChI=1S/C10H13N3O4/c14-9(5-7-1-2-11-12-7)13-3-4-17-6-8(13)10(15)16/h1-2,8H,3-6H2,(H,11,12)(H,15,16). The van der Waals surface area contributed by atoms with Crippen molar-refractivity contribution in [1.29, 1.82) is 0 Å².